The largest absolute Gasteiger partial charge is 0.349 e. The van der Waals surface area contributed by atoms with Crippen molar-refractivity contribution in [3.63, 3.8) is 0 Å². The van der Waals surface area contributed by atoms with E-state index in [1.807, 2.05) is 0 Å². The van der Waals surface area contributed by atoms with E-state index in [1.165, 1.54) is 25.3 Å². The van der Waals surface area contributed by atoms with Gasteiger partial charge in [-0.15, -0.1) is 0 Å². The van der Waals surface area contributed by atoms with Crippen molar-refractivity contribution in [3.05, 3.63) is 39.4 Å². The van der Waals surface area contributed by atoms with Gasteiger partial charge < -0.3 is 5.32 Å². The van der Waals surface area contributed by atoms with Crippen LogP contribution >= 0.6 is 0 Å². The molecule has 2 saturated carbocycles. The number of hydrogen-bond acceptors (Lipinski definition) is 3. The zero-order valence-electron chi connectivity index (χ0n) is 11.5. The van der Waals surface area contributed by atoms with Crippen LogP contribution in [0, 0.1) is 28.9 Å². The summed E-state index contributed by atoms with van der Waals surface area (Å²) in [5.41, 5.74) is 0.866. The van der Waals surface area contributed by atoms with E-state index < -0.39 is 4.92 Å². The van der Waals surface area contributed by atoms with E-state index in [4.69, 9.17) is 0 Å². The minimum Gasteiger partial charge on any atom is -0.349 e. The second-order valence-corrected chi connectivity index (χ2v) is 5.96. The third-order valence-electron chi connectivity index (χ3n) is 4.80. The van der Waals surface area contributed by atoms with Crippen LogP contribution < -0.4 is 5.32 Å². The molecule has 0 heterocycles. The van der Waals surface area contributed by atoms with Crippen molar-refractivity contribution in [1.29, 1.82) is 0 Å². The predicted octanol–water partition coefficient (Wildman–Crippen LogP) is 2.82. The van der Waals surface area contributed by atoms with Crippen LogP contribution in [0.5, 0.6) is 0 Å². The fourth-order valence-corrected chi connectivity index (χ4v) is 3.73. The Morgan fingerprint density at radius 1 is 1.35 bits per heavy atom. The van der Waals surface area contributed by atoms with Gasteiger partial charge in [-0.2, -0.15) is 0 Å². The Labute approximate surface area is 117 Å². The number of nitrogens with zero attached hydrogens (tertiary/aromatic N) is 1. The monoisotopic (exact) mass is 274 g/mol. The Kier molecular flexibility index (Phi) is 3.20. The van der Waals surface area contributed by atoms with Crippen LogP contribution in [0.1, 0.15) is 41.6 Å². The van der Waals surface area contributed by atoms with Gasteiger partial charge in [0, 0.05) is 23.2 Å². The van der Waals surface area contributed by atoms with Gasteiger partial charge in [0.2, 0.25) is 0 Å². The standard InChI is InChI=1S/C15H18N2O3/c1-9-12(3-2-4-14(9)17(19)20)15(18)16-13-8-10-5-6-11(13)7-10/h2-4,10-11,13H,5-8H2,1H3,(H,16,18)/t10-,11+,13-/m0/s1. The molecule has 0 unspecified atom stereocenters. The maximum atomic E-state index is 12.3. The zero-order valence-corrected chi connectivity index (χ0v) is 11.5. The van der Waals surface area contributed by atoms with Crippen molar-refractivity contribution in [2.24, 2.45) is 11.8 Å². The van der Waals surface area contributed by atoms with Crippen LogP contribution in [0.2, 0.25) is 0 Å². The van der Waals surface area contributed by atoms with Gasteiger partial charge in [0.25, 0.3) is 11.6 Å². The molecule has 1 aromatic carbocycles. The smallest absolute Gasteiger partial charge is 0.273 e. The van der Waals surface area contributed by atoms with Gasteiger partial charge in [-0.25, -0.2) is 0 Å². The summed E-state index contributed by atoms with van der Waals surface area (Å²) in [6, 6.07) is 4.91. The second kappa shape index (κ2) is 4.89. The normalized spacial score (nSPS) is 27.6. The number of amides is 1. The van der Waals surface area contributed by atoms with Crippen LogP contribution in [-0.4, -0.2) is 16.9 Å². The van der Waals surface area contributed by atoms with Gasteiger partial charge in [0.15, 0.2) is 0 Å². The van der Waals surface area contributed by atoms with Crippen LogP contribution in [0.3, 0.4) is 0 Å². The first-order valence-electron chi connectivity index (χ1n) is 7.11. The van der Waals surface area contributed by atoms with E-state index in [-0.39, 0.29) is 17.6 Å². The molecule has 0 radical (unpaired) electrons. The van der Waals surface area contributed by atoms with Crippen molar-refractivity contribution >= 4 is 11.6 Å². The molecular weight excluding hydrogens is 256 g/mol. The lowest BCUT2D eigenvalue weighted by molar-refractivity contribution is -0.385. The minimum atomic E-state index is -0.441. The summed E-state index contributed by atoms with van der Waals surface area (Å²) in [7, 11) is 0. The number of fused-ring (bicyclic) bond motifs is 2. The number of benzene rings is 1. The molecule has 1 aromatic rings. The van der Waals surface area contributed by atoms with E-state index in [2.05, 4.69) is 5.32 Å². The topological polar surface area (TPSA) is 72.2 Å². The van der Waals surface area contributed by atoms with Crippen molar-refractivity contribution in [1.82, 2.24) is 5.32 Å². The van der Waals surface area contributed by atoms with Crippen molar-refractivity contribution in [2.75, 3.05) is 0 Å². The number of carbonyl (C=O) groups is 1. The highest BCUT2D eigenvalue weighted by Gasteiger charge is 2.40. The molecule has 0 spiro atoms. The maximum Gasteiger partial charge on any atom is 0.273 e. The number of nitro groups is 1. The molecule has 2 aliphatic carbocycles. The quantitative estimate of drug-likeness (QED) is 0.680. The number of hydrogen-bond donors (Lipinski definition) is 1. The molecule has 2 fully saturated rings. The van der Waals surface area contributed by atoms with Crippen LogP contribution in [0.25, 0.3) is 0 Å². The lowest BCUT2D eigenvalue weighted by Gasteiger charge is -2.23. The fraction of sp³-hybridized carbons (Fsp3) is 0.533. The number of rotatable bonds is 3. The summed E-state index contributed by atoms with van der Waals surface area (Å²) in [6.45, 7) is 1.63. The van der Waals surface area contributed by atoms with E-state index >= 15 is 0 Å². The van der Waals surface area contributed by atoms with E-state index in [9.17, 15) is 14.9 Å². The molecular formula is C15H18N2O3. The summed E-state index contributed by atoms with van der Waals surface area (Å²) in [4.78, 5) is 22.8. The lowest BCUT2D eigenvalue weighted by Crippen LogP contribution is -2.38. The average molecular weight is 274 g/mol. The zero-order chi connectivity index (χ0) is 14.3. The highest BCUT2D eigenvalue weighted by Crippen LogP contribution is 2.44. The number of carbonyl (C=O) groups excluding carboxylic acids is 1. The first-order chi connectivity index (χ1) is 9.56. The van der Waals surface area contributed by atoms with Crippen molar-refractivity contribution in [2.45, 2.75) is 38.6 Å². The lowest BCUT2D eigenvalue weighted by atomic mass is 9.95. The summed E-state index contributed by atoms with van der Waals surface area (Å²) in [6.07, 6.45) is 4.76. The van der Waals surface area contributed by atoms with Crippen molar-refractivity contribution in [3.8, 4) is 0 Å². The molecule has 0 saturated heterocycles. The molecule has 2 aliphatic rings. The molecule has 2 bridgehead atoms. The summed E-state index contributed by atoms with van der Waals surface area (Å²) in [5, 5.41) is 14.0. The predicted molar refractivity (Wildman–Crippen MR) is 74.5 cm³/mol. The Bertz CT molecular complexity index is 570. The van der Waals surface area contributed by atoms with E-state index in [0.717, 1.165) is 12.3 Å². The average Bonchev–Trinajstić information content (AvgIpc) is 3.00. The number of nitro benzene ring substituents is 1. The van der Waals surface area contributed by atoms with Crippen LogP contribution in [0.15, 0.2) is 18.2 Å². The first-order valence-corrected chi connectivity index (χ1v) is 7.11. The van der Waals surface area contributed by atoms with Gasteiger partial charge in [-0.1, -0.05) is 12.5 Å². The van der Waals surface area contributed by atoms with Gasteiger partial charge >= 0.3 is 0 Å². The number of nitrogens with one attached hydrogen (secondary N) is 1. The molecule has 3 rings (SSSR count). The molecule has 20 heavy (non-hydrogen) atoms. The Morgan fingerprint density at radius 3 is 2.75 bits per heavy atom. The fourth-order valence-electron chi connectivity index (χ4n) is 3.73. The van der Waals surface area contributed by atoms with Gasteiger partial charge in [0.1, 0.15) is 0 Å². The Balaban J connectivity index is 1.77. The van der Waals surface area contributed by atoms with Crippen LogP contribution in [-0.2, 0) is 0 Å². The van der Waals surface area contributed by atoms with E-state index in [0.29, 0.717) is 17.0 Å². The summed E-state index contributed by atoms with van der Waals surface area (Å²) < 4.78 is 0. The Hall–Kier alpha value is -1.91. The second-order valence-electron chi connectivity index (χ2n) is 5.96. The van der Waals surface area contributed by atoms with Gasteiger partial charge in [-0.3, -0.25) is 14.9 Å². The molecule has 0 aromatic heterocycles. The molecule has 1 N–H and O–H groups in total. The molecule has 106 valence electrons. The molecule has 5 nitrogen and oxygen atoms in total. The van der Waals surface area contributed by atoms with E-state index in [1.54, 1.807) is 19.1 Å². The third-order valence-corrected chi connectivity index (χ3v) is 4.80. The highest BCUT2D eigenvalue weighted by atomic mass is 16.6. The summed E-state index contributed by atoms with van der Waals surface area (Å²) >= 11 is 0. The molecule has 0 aliphatic heterocycles. The molecule has 1 amide bonds. The molecule has 5 heteroatoms. The SMILES string of the molecule is Cc1c(C(=O)N[C@H]2C[C@H]3CC[C@@H]2C3)cccc1[N+](=O)[O-]. The van der Waals surface area contributed by atoms with Crippen LogP contribution in [0.4, 0.5) is 5.69 Å². The Morgan fingerprint density at radius 2 is 2.15 bits per heavy atom. The highest BCUT2D eigenvalue weighted by molar-refractivity contribution is 5.96. The molecule has 3 atom stereocenters. The third kappa shape index (κ3) is 2.17. The summed E-state index contributed by atoms with van der Waals surface area (Å²) in [5.74, 6) is 1.18. The minimum absolute atomic E-state index is 0.00518. The first kappa shape index (κ1) is 13.1. The maximum absolute atomic E-state index is 12.3. The van der Waals surface area contributed by atoms with Gasteiger partial charge in [-0.05, 0) is 44.1 Å². The van der Waals surface area contributed by atoms with Crippen molar-refractivity contribution < 1.29 is 9.72 Å². The van der Waals surface area contributed by atoms with Gasteiger partial charge in [0.05, 0.1) is 4.92 Å².